The molecule has 0 aromatic carbocycles. The summed E-state index contributed by atoms with van der Waals surface area (Å²) in [6, 6.07) is 5.19. The Hall–Kier alpha value is 0.434. The first-order chi connectivity index (χ1) is 6.43. The lowest BCUT2D eigenvalue weighted by atomic mass is 10.1. The zero-order valence-electron chi connectivity index (χ0n) is 9.36. The molecule has 78 valence electrons. The minimum absolute atomic E-state index is 0.000943. The lowest BCUT2D eigenvalue weighted by molar-refractivity contribution is 0.623. The predicted octanol–water partition coefficient (Wildman–Crippen LogP) is 3.06. The maximum Gasteiger partial charge on any atom is 0.0241 e. The second-order valence-corrected chi connectivity index (χ2v) is 14.1. The van der Waals surface area contributed by atoms with E-state index in [4.69, 9.17) is 0 Å². The predicted molar refractivity (Wildman–Crippen MR) is 68.1 cm³/mol. The van der Waals surface area contributed by atoms with Crippen LogP contribution in [0.25, 0.3) is 0 Å². The first-order valence-corrected chi connectivity index (χ1v) is 12.3. The van der Waals surface area contributed by atoms with Gasteiger partial charge in [0, 0.05) is 17.4 Å². The molecule has 1 aliphatic heterocycles. The quantitative estimate of drug-likeness (QED) is 0.451. The molecule has 1 fully saturated rings. The summed E-state index contributed by atoms with van der Waals surface area (Å²) < 4.78 is 0. The van der Waals surface area contributed by atoms with Gasteiger partial charge in [0.2, 0.25) is 0 Å². The lowest BCUT2D eigenvalue weighted by Gasteiger charge is -2.05. The molecule has 0 spiro atoms. The molecule has 1 saturated heterocycles. The second kappa shape index (κ2) is 7.80. The molecule has 0 aromatic rings. The highest BCUT2D eigenvalue weighted by molar-refractivity contribution is 7.13. The topological polar surface area (TPSA) is 0 Å². The molecule has 2 heteroatoms. The highest BCUT2D eigenvalue weighted by Gasteiger charge is 2.15. The van der Waals surface area contributed by atoms with E-state index in [9.17, 15) is 0 Å². The van der Waals surface area contributed by atoms with Crippen molar-refractivity contribution in [1.29, 1.82) is 0 Å². The standard InChI is InChI=1S/C11H26Si2/c1-2-3-4-5-6-7-10-13-11-8-9-12-13/h13H,2-12H2,1H3. The molecular weight excluding hydrogens is 188 g/mol. The van der Waals surface area contributed by atoms with Gasteiger partial charge in [0.1, 0.15) is 0 Å². The minimum atomic E-state index is -0.000943. The van der Waals surface area contributed by atoms with Crippen LogP contribution in [0.5, 0.6) is 0 Å². The zero-order chi connectivity index (χ0) is 9.36. The minimum Gasteiger partial charge on any atom is -0.0654 e. The summed E-state index contributed by atoms with van der Waals surface area (Å²) in [7, 11) is 0.551. The molecule has 1 aliphatic rings. The van der Waals surface area contributed by atoms with Crippen LogP contribution in [0.3, 0.4) is 0 Å². The van der Waals surface area contributed by atoms with Gasteiger partial charge < -0.3 is 0 Å². The van der Waals surface area contributed by atoms with E-state index in [-0.39, 0.29) is 8.31 Å². The van der Waals surface area contributed by atoms with Crippen molar-refractivity contribution in [2.45, 2.75) is 70.0 Å². The van der Waals surface area contributed by atoms with Crippen molar-refractivity contribution >= 4 is 17.4 Å². The number of rotatable bonds is 7. The Labute approximate surface area is 87.7 Å². The van der Waals surface area contributed by atoms with Gasteiger partial charge in [0.25, 0.3) is 0 Å². The molecule has 0 aromatic heterocycles. The average molecular weight is 215 g/mol. The van der Waals surface area contributed by atoms with Crippen molar-refractivity contribution in [2.75, 3.05) is 0 Å². The number of hydrogen-bond acceptors (Lipinski definition) is 0. The fraction of sp³-hybridized carbons (Fsp3) is 1.00. The highest BCUT2D eigenvalue weighted by Crippen LogP contribution is 2.18. The van der Waals surface area contributed by atoms with Crippen molar-refractivity contribution in [3.8, 4) is 0 Å². The number of unbranched alkanes of at least 4 members (excludes halogenated alkanes) is 5. The van der Waals surface area contributed by atoms with Gasteiger partial charge in [-0.3, -0.25) is 0 Å². The molecule has 0 aliphatic carbocycles. The van der Waals surface area contributed by atoms with Crippen molar-refractivity contribution in [3.63, 3.8) is 0 Å². The molecule has 1 unspecified atom stereocenters. The molecule has 0 N–H and O–H groups in total. The third-order valence-electron chi connectivity index (χ3n) is 3.44. The van der Waals surface area contributed by atoms with Crippen LogP contribution in [0.2, 0.25) is 18.1 Å². The van der Waals surface area contributed by atoms with Crippen LogP contribution in [0.1, 0.15) is 51.9 Å². The van der Waals surface area contributed by atoms with Gasteiger partial charge in [-0.15, -0.1) is 0 Å². The zero-order valence-corrected chi connectivity index (χ0v) is 11.9. The van der Waals surface area contributed by atoms with E-state index in [0.29, 0.717) is 9.04 Å². The van der Waals surface area contributed by atoms with Crippen LogP contribution in [-0.4, -0.2) is 17.4 Å². The Balaban J connectivity index is 1.78. The van der Waals surface area contributed by atoms with E-state index in [2.05, 4.69) is 6.92 Å². The number of hydrogen-bond donors (Lipinski definition) is 0. The lowest BCUT2D eigenvalue weighted by Crippen LogP contribution is -2.13. The van der Waals surface area contributed by atoms with Crippen LogP contribution in [0, 0.1) is 0 Å². The average Bonchev–Trinajstić information content (AvgIpc) is 2.63. The third kappa shape index (κ3) is 5.68. The van der Waals surface area contributed by atoms with Crippen LogP contribution in [-0.2, 0) is 0 Å². The molecular formula is C11H26Si2. The second-order valence-electron chi connectivity index (χ2n) is 4.71. The van der Waals surface area contributed by atoms with E-state index in [1.165, 1.54) is 25.7 Å². The third-order valence-corrected chi connectivity index (χ3v) is 13.7. The molecule has 0 bridgehead atoms. The Morgan fingerprint density at radius 3 is 2.54 bits per heavy atom. The smallest absolute Gasteiger partial charge is 0.0241 e. The van der Waals surface area contributed by atoms with Gasteiger partial charge >= 0.3 is 0 Å². The van der Waals surface area contributed by atoms with E-state index in [1.807, 2.05) is 0 Å². The maximum atomic E-state index is 2.30. The SMILES string of the molecule is CCCCCCCC[SiH]1CCC[SiH2]1. The Bertz CT molecular complexity index is 109. The summed E-state index contributed by atoms with van der Waals surface area (Å²) >= 11 is 0. The molecule has 1 heterocycles. The summed E-state index contributed by atoms with van der Waals surface area (Å²) in [5.41, 5.74) is 0. The van der Waals surface area contributed by atoms with Gasteiger partial charge in [0.05, 0.1) is 0 Å². The van der Waals surface area contributed by atoms with Crippen LogP contribution >= 0.6 is 0 Å². The van der Waals surface area contributed by atoms with Gasteiger partial charge in [-0.1, -0.05) is 70.0 Å². The van der Waals surface area contributed by atoms with E-state index in [1.54, 1.807) is 37.4 Å². The van der Waals surface area contributed by atoms with E-state index in [0.717, 1.165) is 0 Å². The first kappa shape index (κ1) is 11.5. The molecule has 0 radical (unpaired) electrons. The highest BCUT2D eigenvalue weighted by atomic mass is 29.2. The van der Waals surface area contributed by atoms with E-state index >= 15 is 0 Å². The van der Waals surface area contributed by atoms with Gasteiger partial charge in [0.15, 0.2) is 0 Å². The molecule has 0 amide bonds. The van der Waals surface area contributed by atoms with Crippen molar-refractivity contribution in [2.24, 2.45) is 0 Å². The molecule has 0 saturated carbocycles. The summed E-state index contributed by atoms with van der Waals surface area (Å²) in [5, 5.41) is 0. The van der Waals surface area contributed by atoms with Gasteiger partial charge in [-0.05, 0) is 0 Å². The summed E-state index contributed by atoms with van der Waals surface area (Å²) in [6.45, 7) is 2.30. The first-order valence-electron chi connectivity index (χ1n) is 6.43. The van der Waals surface area contributed by atoms with Crippen molar-refractivity contribution in [1.82, 2.24) is 0 Å². The molecule has 1 atom stereocenters. The summed E-state index contributed by atoms with van der Waals surface area (Å²) in [4.78, 5) is 0. The molecule has 13 heavy (non-hydrogen) atoms. The normalized spacial score (nSPS) is 24.2. The summed E-state index contributed by atoms with van der Waals surface area (Å²) in [6.07, 6.45) is 10.7. The van der Waals surface area contributed by atoms with Crippen LogP contribution < -0.4 is 0 Å². The fourth-order valence-corrected chi connectivity index (χ4v) is 12.9. The monoisotopic (exact) mass is 214 g/mol. The maximum absolute atomic E-state index is 2.30. The summed E-state index contributed by atoms with van der Waals surface area (Å²) in [5.74, 6) is 0. The molecule has 1 rings (SSSR count). The Kier molecular flexibility index (Phi) is 6.91. The Morgan fingerprint density at radius 1 is 1.08 bits per heavy atom. The van der Waals surface area contributed by atoms with Crippen molar-refractivity contribution in [3.05, 3.63) is 0 Å². The van der Waals surface area contributed by atoms with Gasteiger partial charge in [-0.25, -0.2) is 0 Å². The fourth-order valence-electron chi connectivity index (χ4n) is 2.51. The Morgan fingerprint density at radius 2 is 1.85 bits per heavy atom. The molecule has 0 nitrogen and oxygen atoms in total. The van der Waals surface area contributed by atoms with E-state index < -0.39 is 0 Å². The van der Waals surface area contributed by atoms with Gasteiger partial charge in [-0.2, -0.15) is 0 Å². The van der Waals surface area contributed by atoms with Crippen LogP contribution in [0.4, 0.5) is 0 Å². The van der Waals surface area contributed by atoms with Crippen molar-refractivity contribution < 1.29 is 0 Å². The largest absolute Gasteiger partial charge is 0.0654 e. The van der Waals surface area contributed by atoms with Crippen LogP contribution in [0.15, 0.2) is 0 Å².